The van der Waals surface area contributed by atoms with Crippen LogP contribution in [-0.4, -0.2) is 19.6 Å². The Kier molecular flexibility index (Phi) is 5.60. The van der Waals surface area contributed by atoms with Crippen molar-refractivity contribution in [1.29, 1.82) is 0 Å². The van der Waals surface area contributed by atoms with Gasteiger partial charge in [0.05, 0.1) is 11.0 Å². The first-order valence-electron chi connectivity index (χ1n) is 16.8. The predicted molar refractivity (Wildman–Crippen MR) is 204 cm³/mol. The second-order valence-electron chi connectivity index (χ2n) is 12.8. The molecule has 232 valence electrons. The second-order valence-corrected chi connectivity index (χ2v) is 12.8. The molecule has 0 saturated heterocycles. The van der Waals surface area contributed by atoms with Crippen LogP contribution in [0, 0.1) is 0 Å². The highest BCUT2D eigenvalue weighted by atomic mass is 16.3. The molecule has 0 fully saturated rings. The number of hydrogen-bond acceptors (Lipinski definition) is 4. The van der Waals surface area contributed by atoms with Gasteiger partial charge in [-0.05, 0) is 79.8 Å². The van der Waals surface area contributed by atoms with Crippen LogP contribution in [0.15, 0.2) is 162 Å². The Morgan fingerprint density at radius 2 is 1.06 bits per heavy atom. The maximum absolute atomic E-state index is 6.24. The molecule has 3 heterocycles. The van der Waals surface area contributed by atoms with Crippen LogP contribution in [0.5, 0.6) is 0 Å². The summed E-state index contributed by atoms with van der Waals surface area (Å²) in [6.07, 6.45) is 0. The Balaban J connectivity index is 1.11. The van der Waals surface area contributed by atoms with Crippen molar-refractivity contribution in [2.45, 2.75) is 0 Å². The largest absolute Gasteiger partial charge is 0.456 e. The number of nitrogens with zero attached hydrogens (tertiary/aromatic N) is 4. The van der Waals surface area contributed by atoms with Crippen molar-refractivity contribution >= 4 is 70.9 Å². The minimum absolute atomic E-state index is 0.646. The van der Waals surface area contributed by atoms with Crippen LogP contribution in [0.3, 0.4) is 0 Å². The molecule has 0 saturated carbocycles. The summed E-state index contributed by atoms with van der Waals surface area (Å²) in [6, 6.07) is 55.1. The van der Waals surface area contributed by atoms with Gasteiger partial charge in [-0.3, -0.25) is 0 Å². The SMILES string of the molecule is c1cc(-c2ccc3c4ccccc4c4ccccc4c3c2)cc(-c2nc3c(-c4cccc5oc6ccccc6c45)nc4ccccc4n3n2)c1. The molecule has 8 aromatic carbocycles. The van der Waals surface area contributed by atoms with E-state index in [-0.39, 0.29) is 0 Å². The zero-order valence-electron chi connectivity index (χ0n) is 26.7. The number of aromatic nitrogens is 4. The minimum atomic E-state index is 0.646. The van der Waals surface area contributed by atoms with Gasteiger partial charge in [-0.2, -0.15) is 0 Å². The monoisotopic (exact) mass is 638 g/mol. The molecule has 50 heavy (non-hydrogen) atoms. The highest BCUT2D eigenvalue weighted by Gasteiger charge is 2.20. The number of hydrogen-bond donors (Lipinski definition) is 0. The third kappa shape index (κ3) is 3.92. The van der Waals surface area contributed by atoms with Gasteiger partial charge in [-0.1, -0.05) is 121 Å². The first-order valence-corrected chi connectivity index (χ1v) is 16.8. The molecule has 0 spiro atoms. The van der Waals surface area contributed by atoms with Gasteiger partial charge in [0.25, 0.3) is 0 Å². The van der Waals surface area contributed by atoms with Crippen molar-refractivity contribution in [3.8, 4) is 33.8 Å². The fourth-order valence-corrected chi connectivity index (χ4v) is 7.74. The van der Waals surface area contributed by atoms with E-state index in [1.165, 1.54) is 32.3 Å². The van der Waals surface area contributed by atoms with Crippen LogP contribution >= 0.6 is 0 Å². The van der Waals surface area contributed by atoms with Gasteiger partial charge >= 0.3 is 0 Å². The average molecular weight is 639 g/mol. The second kappa shape index (κ2) is 10.3. The maximum atomic E-state index is 6.24. The van der Waals surface area contributed by atoms with Crippen LogP contribution < -0.4 is 0 Å². The highest BCUT2D eigenvalue weighted by Crippen LogP contribution is 2.40. The number of benzene rings is 8. The highest BCUT2D eigenvalue weighted by molar-refractivity contribution is 6.25. The summed E-state index contributed by atoms with van der Waals surface area (Å²) >= 11 is 0. The molecule has 0 N–H and O–H groups in total. The first-order chi connectivity index (χ1) is 24.8. The van der Waals surface area contributed by atoms with Crippen LogP contribution in [-0.2, 0) is 0 Å². The normalized spacial score (nSPS) is 12.0. The Morgan fingerprint density at radius 3 is 1.88 bits per heavy atom. The van der Waals surface area contributed by atoms with E-state index in [2.05, 4.69) is 103 Å². The Hall–Kier alpha value is -6.85. The molecule has 0 aliphatic rings. The van der Waals surface area contributed by atoms with E-state index in [0.29, 0.717) is 11.5 Å². The van der Waals surface area contributed by atoms with Crippen LogP contribution in [0.1, 0.15) is 0 Å². The zero-order valence-corrected chi connectivity index (χ0v) is 26.7. The van der Waals surface area contributed by atoms with Crippen molar-refractivity contribution in [2.24, 2.45) is 0 Å². The maximum Gasteiger partial charge on any atom is 0.182 e. The van der Waals surface area contributed by atoms with Crippen molar-refractivity contribution in [3.63, 3.8) is 0 Å². The molecule has 0 atom stereocenters. The van der Waals surface area contributed by atoms with Crippen LogP contribution in [0.4, 0.5) is 0 Å². The standard InChI is InChI=1S/C45H26N4O/c1-2-15-32-30(13-1)31-14-3-4-16-33(31)37-26-28(23-24-34(32)37)27-11-9-12-29(25-27)44-47-45-43(46-38-19-6-7-20-39(38)49(45)48-44)36-18-10-22-41-42(36)35-17-5-8-21-40(35)50-41/h1-26H. The number of rotatable bonds is 3. The Labute approximate surface area is 285 Å². The molecule has 0 radical (unpaired) electrons. The topological polar surface area (TPSA) is 56.2 Å². The predicted octanol–water partition coefficient (Wildman–Crippen LogP) is 11.6. The van der Waals surface area contributed by atoms with Crippen molar-refractivity contribution < 1.29 is 4.42 Å². The quantitative estimate of drug-likeness (QED) is 0.181. The van der Waals surface area contributed by atoms with E-state index in [1.807, 2.05) is 59.1 Å². The van der Waals surface area contributed by atoms with Crippen LogP contribution in [0.2, 0.25) is 0 Å². The van der Waals surface area contributed by atoms with E-state index in [0.717, 1.165) is 60.9 Å². The van der Waals surface area contributed by atoms with E-state index in [4.69, 9.17) is 19.5 Å². The lowest BCUT2D eigenvalue weighted by atomic mass is 9.92. The van der Waals surface area contributed by atoms with Gasteiger partial charge in [0.15, 0.2) is 11.5 Å². The molecule has 5 heteroatoms. The third-order valence-corrected chi connectivity index (χ3v) is 10.0. The molecular weight excluding hydrogens is 613 g/mol. The summed E-state index contributed by atoms with van der Waals surface area (Å²) in [7, 11) is 0. The van der Waals surface area contributed by atoms with Gasteiger partial charge in [0.1, 0.15) is 16.9 Å². The van der Waals surface area contributed by atoms with E-state index in [9.17, 15) is 0 Å². The summed E-state index contributed by atoms with van der Waals surface area (Å²) in [5, 5.41) is 14.8. The molecule has 5 nitrogen and oxygen atoms in total. The zero-order chi connectivity index (χ0) is 32.8. The lowest BCUT2D eigenvalue weighted by molar-refractivity contribution is 0.669. The molecule has 3 aromatic heterocycles. The molecule has 11 aromatic rings. The van der Waals surface area contributed by atoms with Crippen molar-refractivity contribution in [3.05, 3.63) is 158 Å². The Morgan fingerprint density at radius 1 is 0.440 bits per heavy atom. The minimum Gasteiger partial charge on any atom is -0.456 e. The fraction of sp³-hybridized carbons (Fsp3) is 0. The molecule has 0 amide bonds. The first kappa shape index (κ1) is 27.1. The molecule has 0 aliphatic heterocycles. The summed E-state index contributed by atoms with van der Waals surface area (Å²) in [4.78, 5) is 10.4. The van der Waals surface area contributed by atoms with E-state index in [1.54, 1.807) is 0 Å². The van der Waals surface area contributed by atoms with Crippen molar-refractivity contribution in [1.82, 2.24) is 19.6 Å². The summed E-state index contributed by atoms with van der Waals surface area (Å²) in [6.45, 7) is 0. The van der Waals surface area contributed by atoms with Gasteiger partial charge in [0.2, 0.25) is 0 Å². The third-order valence-electron chi connectivity index (χ3n) is 10.0. The average Bonchev–Trinajstić information content (AvgIpc) is 3.81. The molecule has 11 rings (SSSR count). The molecule has 0 bridgehead atoms. The van der Waals surface area contributed by atoms with Gasteiger partial charge < -0.3 is 4.42 Å². The summed E-state index contributed by atoms with van der Waals surface area (Å²) in [5.41, 5.74) is 9.05. The number of para-hydroxylation sites is 3. The van der Waals surface area contributed by atoms with Gasteiger partial charge in [-0.25, -0.2) is 14.5 Å². The molecule has 0 aliphatic carbocycles. The smallest absolute Gasteiger partial charge is 0.182 e. The number of furan rings is 1. The van der Waals surface area contributed by atoms with Gasteiger partial charge in [0, 0.05) is 21.9 Å². The lowest BCUT2D eigenvalue weighted by Crippen LogP contribution is -1.97. The lowest BCUT2D eigenvalue weighted by Gasteiger charge is -2.12. The molecule has 0 unspecified atom stereocenters. The van der Waals surface area contributed by atoms with E-state index >= 15 is 0 Å². The van der Waals surface area contributed by atoms with E-state index < -0.39 is 0 Å². The number of fused-ring (bicyclic) bond motifs is 12. The van der Waals surface area contributed by atoms with Crippen molar-refractivity contribution in [2.75, 3.05) is 0 Å². The molecular formula is C45H26N4O. The Bertz CT molecular complexity index is 3140. The van der Waals surface area contributed by atoms with Gasteiger partial charge in [-0.15, -0.1) is 5.10 Å². The fourth-order valence-electron chi connectivity index (χ4n) is 7.74. The summed E-state index contributed by atoms with van der Waals surface area (Å²) < 4.78 is 8.18. The van der Waals surface area contributed by atoms with Crippen LogP contribution in [0.25, 0.3) is 105 Å². The summed E-state index contributed by atoms with van der Waals surface area (Å²) in [5.74, 6) is 0.646.